The van der Waals surface area contributed by atoms with Gasteiger partial charge in [0.2, 0.25) is 5.91 Å². The molecule has 0 saturated heterocycles. The third-order valence-corrected chi connectivity index (χ3v) is 2.41. The maximum atomic E-state index is 11.5. The molecule has 0 aliphatic rings. The molecule has 5 heteroatoms. The number of nitrogens with one attached hydrogen (secondary N) is 1. The number of nitrogens with two attached hydrogens (primary N) is 1. The number of amides is 1. The molecule has 0 aliphatic heterocycles. The second-order valence-electron chi connectivity index (χ2n) is 4.73. The van der Waals surface area contributed by atoms with Crippen LogP contribution in [0.2, 0.25) is 0 Å². The van der Waals surface area contributed by atoms with Crippen LogP contribution >= 0.6 is 0 Å². The van der Waals surface area contributed by atoms with Crippen molar-refractivity contribution in [1.29, 1.82) is 0 Å². The second kappa shape index (κ2) is 6.83. The van der Waals surface area contributed by atoms with Gasteiger partial charge >= 0.3 is 0 Å². The molecule has 0 saturated carbocycles. The van der Waals surface area contributed by atoms with Gasteiger partial charge in [0.1, 0.15) is 5.54 Å². The average molecular weight is 231 g/mol. The fourth-order valence-electron chi connectivity index (χ4n) is 1.70. The predicted molar refractivity (Wildman–Crippen MR) is 65.2 cm³/mol. The van der Waals surface area contributed by atoms with Gasteiger partial charge in [-0.05, 0) is 27.8 Å². The molecule has 0 aliphatic carbocycles. The molecule has 96 valence electrons. The maximum absolute atomic E-state index is 11.5. The van der Waals surface area contributed by atoms with Crippen molar-refractivity contribution in [3.63, 3.8) is 0 Å². The van der Waals surface area contributed by atoms with Crippen LogP contribution < -0.4 is 11.1 Å². The number of hydrogen-bond acceptors (Lipinski definition) is 4. The third kappa shape index (κ3) is 5.44. The second-order valence-corrected chi connectivity index (χ2v) is 4.73. The molecule has 0 rings (SSSR count). The number of carbonyl (C=O) groups is 1. The summed E-state index contributed by atoms with van der Waals surface area (Å²) in [6, 6.07) is 0.216. The lowest BCUT2D eigenvalue weighted by Gasteiger charge is -2.33. The Kier molecular flexibility index (Phi) is 6.55. The molecular formula is C11H25N3O2. The van der Waals surface area contributed by atoms with E-state index in [2.05, 4.69) is 5.32 Å². The van der Waals surface area contributed by atoms with Gasteiger partial charge in [0, 0.05) is 26.2 Å². The number of rotatable bonds is 8. The summed E-state index contributed by atoms with van der Waals surface area (Å²) in [5, 5.41) is 3.21. The molecule has 0 fully saturated rings. The lowest BCUT2D eigenvalue weighted by molar-refractivity contribution is -0.124. The summed E-state index contributed by atoms with van der Waals surface area (Å²) < 4.78 is 4.99. The average Bonchev–Trinajstić information content (AvgIpc) is 2.12. The molecule has 1 unspecified atom stereocenters. The molecule has 16 heavy (non-hydrogen) atoms. The number of hydrogen-bond donors (Lipinski definition) is 2. The molecule has 0 aromatic rings. The van der Waals surface area contributed by atoms with Gasteiger partial charge in [0.25, 0.3) is 0 Å². The Morgan fingerprint density at radius 2 is 2.12 bits per heavy atom. The Bertz CT molecular complexity index is 221. The summed E-state index contributed by atoms with van der Waals surface area (Å²) in [5.41, 5.74) is 4.74. The summed E-state index contributed by atoms with van der Waals surface area (Å²) >= 11 is 0. The summed E-state index contributed by atoms with van der Waals surface area (Å²) in [6.45, 7) is 7.82. The van der Waals surface area contributed by atoms with E-state index < -0.39 is 5.54 Å². The number of nitrogens with zero attached hydrogens (tertiary/aromatic N) is 1. The zero-order valence-electron chi connectivity index (χ0n) is 11.0. The highest BCUT2D eigenvalue weighted by Gasteiger charge is 2.32. The maximum Gasteiger partial charge on any atom is 0.238 e. The monoisotopic (exact) mass is 231 g/mol. The smallest absolute Gasteiger partial charge is 0.238 e. The van der Waals surface area contributed by atoms with Gasteiger partial charge < -0.3 is 20.7 Å². The van der Waals surface area contributed by atoms with Crippen molar-refractivity contribution in [2.24, 2.45) is 5.73 Å². The minimum Gasteiger partial charge on any atom is -0.383 e. The van der Waals surface area contributed by atoms with E-state index in [-0.39, 0.29) is 11.9 Å². The van der Waals surface area contributed by atoms with Crippen molar-refractivity contribution < 1.29 is 9.53 Å². The SMILES string of the molecule is COCCN(C)CC(C)(NC(C)C)C(N)=O. The molecule has 0 aromatic heterocycles. The van der Waals surface area contributed by atoms with Gasteiger partial charge in [0.05, 0.1) is 6.61 Å². The van der Waals surface area contributed by atoms with E-state index in [4.69, 9.17) is 10.5 Å². The highest BCUT2D eigenvalue weighted by molar-refractivity contribution is 5.84. The van der Waals surface area contributed by atoms with Crippen molar-refractivity contribution in [1.82, 2.24) is 10.2 Å². The lowest BCUT2D eigenvalue weighted by atomic mass is 9.99. The Balaban J connectivity index is 4.37. The van der Waals surface area contributed by atoms with Crippen LogP contribution in [-0.4, -0.2) is 56.2 Å². The van der Waals surface area contributed by atoms with Crippen molar-refractivity contribution in [3.05, 3.63) is 0 Å². The van der Waals surface area contributed by atoms with Gasteiger partial charge in [-0.25, -0.2) is 0 Å². The number of ether oxygens (including phenoxy) is 1. The first-order valence-electron chi connectivity index (χ1n) is 5.57. The van der Waals surface area contributed by atoms with E-state index in [1.165, 1.54) is 0 Å². The van der Waals surface area contributed by atoms with Gasteiger partial charge in [-0.1, -0.05) is 0 Å². The molecular weight excluding hydrogens is 206 g/mol. The van der Waals surface area contributed by atoms with Crippen LogP contribution in [0.15, 0.2) is 0 Å². The Morgan fingerprint density at radius 3 is 2.50 bits per heavy atom. The van der Waals surface area contributed by atoms with Crippen LogP contribution in [0.1, 0.15) is 20.8 Å². The van der Waals surface area contributed by atoms with Gasteiger partial charge in [-0.2, -0.15) is 0 Å². The molecule has 0 heterocycles. The molecule has 3 N–H and O–H groups in total. The summed E-state index contributed by atoms with van der Waals surface area (Å²) in [6.07, 6.45) is 0. The minimum atomic E-state index is -0.698. The van der Waals surface area contributed by atoms with Crippen LogP contribution in [0, 0.1) is 0 Å². The number of primary amides is 1. The largest absolute Gasteiger partial charge is 0.383 e. The first kappa shape index (κ1) is 15.3. The van der Waals surface area contributed by atoms with Crippen LogP contribution in [-0.2, 0) is 9.53 Å². The van der Waals surface area contributed by atoms with Gasteiger partial charge in [-0.3, -0.25) is 4.79 Å². The first-order chi connectivity index (χ1) is 7.31. The fourth-order valence-corrected chi connectivity index (χ4v) is 1.70. The minimum absolute atomic E-state index is 0.216. The van der Waals surface area contributed by atoms with Crippen molar-refractivity contribution in [2.45, 2.75) is 32.4 Å². The quantitative estimate of drug-likeness (QED) is 0.607. The van der Waals surface area contributed by atoms with Crippen molar-refractivity contribution in [2.75, 3.05) is 33.9 Å². The molecule has 0 aromatic carbocycles. The van der Waals surface area contributed by atoms with E-state index in [1.54, 1.807) is 7.11 Å². The summed E-state index contributed by atoms with van der Waals surface area (Å²) in [7, 11) is 3.61. The van der Waals surface area contributed by atoms with Crippen LogP contribution in [0.25, 0.3) is 0 Å². The predicted octanol–water partition coefficient (Wildman–Crippen LogP) is -0.193. The summed E-state index contributed by atoms with van der Waals surface area (Å²) in [5.74, 6) is -0.328. The Hall–Kier alpha value is -0.650. The standard InChI is InChI=1S/C11H25N3O2/c1-9(2)13-11(3,10(12)15)8-14(4)6-7-16-5/h9,13H,6-8H2,1-5H3,(H2,12,15). The zero-order chi connectivity index (χ0) is 12.8. The first-order valence-corrected chi connectivity index (χ1v) is 5.57. The molecule has 5 nitrogen and oxygen atoms in total. The third-order valence-electron chi connectivity index (χ3n) is 2.41. The van der Waals surface area contributed by atoms with Crippen molar-refractivity contribution >= 4 is 5.91 Å². The Morgan fingerprint density at radius 1 is 1.56 bits per heavy atom. The van der Waals surface area contributed by atoms with E-state index in [1.807, 2.05) is 32.7 Å². The van der Waals surface area contributed by atoms with E-state index in [0.29, 0.717) is 13.2 Å². The van der Waals surface area contributed by atoms with E-state index in [0.717, 1.165) is 6.54 Å². The zero-order valence-corrected chi connectivity index (χ0v) is 11.0. The molecule has 0 radical (unpaired) electrons. The topological polar surface area (TPSA) is 67.6 Å². The molecule has 0 bridgehead atoms. The molecule has 0 spiro atoms. The van der Waals surface area contributed by atoms with E-state index in [9.17, 15) is 4.79 Å². The van der Waals surface area contributed by atoms with Crippen molar-refractivity contribution in [3.8, 4) is 0 Å². The number of carbonyl (C=O) groups excluding carboxylic acids is 1. The normalized spacial score (nSPS) is 15.4. The number of methoxy groups -OCH3 is 1. The van der Waals surface area contributed by atoms with Crippen LogP contribution in [0.4, 0.5) is 0 Å². The van der Waals surface area contributed by atoms with E-state index >= 15 is 0 Å². The molecule has 1 amide bonds. The van der Waals surface area contributed by atoms with Crippen LogP contribution in [0.5, 0.6) is 0 Å². The Labute approximate surface area is 98.3 Å². The highest BCUT2D eigenvalue weighted by atomic mass is 16.5. The number of likely N-dealkylation sites (N-methyl/N-ethyl adjacent to an activating group) is 1. The summed E-state index contributed by atoms with van der Waals surface area (Å²) in [4.78, 5) is 13.5. The fraction of sp³-hybridized carbons (Fsp3) is 0.909. The van der Waals surface area contributed by atoms with Gasteiger partial charge in [-0.15, -0.1) is 0 Å². The highest BCUT2D eigenvalue weighted by Crippen LogP contribution is 2.06. The molecule has 1 atom stereocenters. The van der Waals surface area contributed by atoms with Crippen LogP contribution in [0.3, 0.4) is 0 Å². The lowest BCUT2D eigenvalue weighted by Crippen LogP contribution is -2.61. The van der Waals surface area contributed by atoms with Gasteiger partial charge in [0.15, 0.2) is 0 Å².